The number of rotatable bonds is 6. The van der Waals surface area contributed by atoms with Gasteiger partial charge in [0.15, 0.2) is 0 Å². The van der Waals surface area contributed by atoms with Crippen LogP contribution in [0.2, 0.25) is 0 Å². The predicted octanol–water partition coefficient (Wildman–Crippen LogP) is 0.874. The number of hydrogen-bond acceptors (Lipinski definition) is 5. The third-order valence-electron chi connectivity index (χ3n) is 2.11. The number of aliphatic hydroxyl groups excluding tert-OH is 1. The molecule has 0 aromatic heterocycles. The van der Waals surface area contributed by atoms with Crippen LogP contribution < -0.4 is 5.48 Å². The molecule has 0 aliphatic heterocycles. The first kappa shape index (κ1) is 13.4. The lowest BCUT2D eigenvalue weighted by molar-refractivity contribution is -0.128. The van der Waals surface area contributed by atoms with E-state index in [0.29, 0.717) is 17.8 Å². The average molecular weight is 240 g/mol. The van der Waals surface area contributed by atoms with E-state index in [0.717, 1.165) is 0 Å². The molecule has 0 bridgehead atoms. The monoisotopic (exact) mass is 240 g/mol. The number of nitrogens with one attached hydrogen (secondary N) is 1. The van der Waals surface area contributed by atoms with Crippen LogP contribution in [-0.2, 0) is 4.84 Å². The molecule has 0 aliphatic carbocycles. The van der Waals surface area contributed by atoms with E-state index in [4.69, 9.17) is 15.2 Å². The van der Waals surface area contributed by atoms with Gasteiger partial charge in [0, 0.05) is 12.1 Å². The van der Waals surface area contributed by atoms with Gasteiger partial charge in [0.05, 0.1) is 18.9 Å². The van der Waals surface area contributed by atoms with Crippen LogP contribution in [0.1, 0.15) is 17.3 Å². The highest BCUT2D eigenvalue weighted by molar-refractivity contribution is 5.93. The second-order valence-corrected chi connectivity index (χ2v) is 3.25. The maximum Gasteiger partial charge on any atom is 0.277 e. The Morgan fingerprint density at radius 1 is 1.41 bits per heavy atom. The molecule has 0 heterocycles. The van der Waals surface area contributed by atoms with Gasteiger partial charge in [-0.2, -0.15) is 0 Å². The molecular formula is C11H16N2O4. The van der Waals surface area contributed by atoms with Crippen LogP contribution in [0.15, 0.2) is 24.3 Å². The number of carbonyl (C=O) groups excluding carboxylic acids is 1. The van der Waals surface area contributed by atoms with Crippen molar-refractivity contribution in [3.05, 3.63) is 29.8 Å². The molecule has 1 amide bonds. The molecule has 0 aliphatic rings. The minimum atomic E-state index is -0.287. The number of carbonyl (C=O) groups is 1. The zero-order valence-electron chi connectivity index (χ0n) is 9.59. The normalized spacial score (nSPS) is 10.1. The van der Waals surface area contributed by atoms with Crippen molar-refractivity contribution in [2.75, 3.05) is 25.2 Å². The summed E-state index contributed by atoms with van der Waals surface area (Å²) in [5.41, 5.74) is 2.93. The summed E-state index contributed by atoms with van der Waals surface area (Å²) in [6, 6.07) is 6.30. The Morgan fingerprint density at radius 3 is 2.53 bits per heavy atom. The van der Waals surface area contributed by atoms with E-state index in [1.807, 2.05) is 5.48 Å². The van der Waals surface area contributed by atoms with Gasteiger partial charge in [-0.3, -0.25) is 20.3 Å². The van der Waals surface area contributed by atoms with Crippen LogP contribution in [0, 0.1) is 0 Å². The Balaban J connectivity index is 2.71. The number of anilines is 1. The van der Waals surface area contributed by atoms with Gasteiger partial charge in [0.25, 0.3) is 5.91 Å². The molecule has 0 spiro atoms. The van der Waals surface area contributed by atoms with Crippen LogP contribution >= 0.6 is 0 Å². The van der Waals surface area contributed by atoms with Gasteiger partial charge in [-0.15, -0.1) is 0 Å². The number of amides is 1. The molecule has 1 aromatic rings. The highest BCUT2D eigenvalue weighted by Crippen LogP contribution is 2.11. The maximum absolute atomic E-state index is 11.9. The van der Waals surface area contributed by atoms with Crippen LogP contribution in [0.25, 0.3) is 0 Å². The number of aliphatic hydroxyl groups is 1. The topological polar surface area (TPSA) is 82.0 Å². The molecule has 0 radical (unpaired) electrons. The summed E-state index contributed by atoms with van der Waals surface area (Å²) >= 11 is 0. The Bertz CT molecular complexity index is 353. The number of benzene rings is 1. The van der Waals surface area contributed by atoms with E-state index < -0.39 is 0 Å². The van der Waals surface area contributed by atoms with E-state index in [2.05, 4.69) is 0 Å². The molecular weight excluding hydrogens is 224 g/mol. The molecule has 17 heavy (non-hydrogen) atoms. The highest BCUT2D eigenvalue weighted by atomic mass is 16.7. The first-order chi connectivity index (χ1) is 8.22. The SMILES string of the molecule is CCN(OCCO)C(=O)c1ccc(NO)cc1. The van der Waals surface area contributed by atoms with Gasteiger partial charge in [-0.05, 0) is 31.2 Å². The van der Waals surface area contributed by atoms with Crippen LogP contribution in [0.5, 0.6) is 0 Å². The minimum absolute atomic E-state index is 0.0792. The van der Waals surface area contributed by atoms with Gasteiger partial charge in [0.1, 0.15) is 0 Å². The van der Waals surface area contributed by atoms with E-state index >= 15 is 0 Å². The molecule has 1 rings (SSSR count). The van der Waals surface area contributed by atoms with Crippen molar-refractivity contribution in [1.82, 2.24) is 5.06 Å². The molecule has 0 fully saturated rings. The van der Waals surface area contributed by atoms with Gasteiger partial charge in [-0.1, -0.05) is 0 Å². The summed E-state index contributed by atoms with van der Waals surface area (Å²) in [5.74, 6) is -0.287. The van der Waals surface area contributed by atoms with E-state index in [1.165, 1.54) is 5.06 Å². The summed E-state index contributed by atoms with van der Waals surface area (Å²) in [6.45, 7) is 2.10. The van der Waals surface area contributed by atoms with Crippen molar-refractivity contribution in [2.45, 2.75) is 6.92 Å². The molecule has 0 atom stereocenters. The molecule has 94 valence electrons. The Morgan fingerprint density at radius 2 is 2.06 bits per heavy atom. The fraction of sp³-hybridized carbons (Fsp3) is 0.364. The fourth-order valence-corrected chi connectivity index (χ4v) is 1.28. The average Bonchev–Trinajstić information content (AvgIpc) is 2.39. The van der Waals surface area contributed by atoms with Gasteiger partial charge >= 0.3 is 0 Å². The molecule has 3 N–H and O–H groups in total. The highest BCUT2D eigenvalue weighted by Gasteiger charge is 2.14. The lowest BCUT2D eigenvalue weighted by atomic mass is 10.2. The van der Waals surface area contributed by atoms with E-state index in [9.17, 15) is 4.79 Å². The summed E-state index contributed by atoms with van der Waals surface area (Å²) < 4.78 is 0. The van der Waals surface area contributed by atoms with Crippen LogP contribution in [0.4, 0.5) is 5.69 Å². The van der Waals surface area contributed by atoms with Crippen molar-refractivity contribution < 1.29 is 19.9 Å². The standard InChI is InChI=1S/C11H16N2O4/c1-2-13(17-8-7-14)11(15)9-3-5-10(12-16)6-4-9/h3-6,12,14,16H,2,7-8H2,1H3. The number of hydrogen-bond donors (Lipinski definition) is 3. The van der Waals surface area contributed by atoms with E-state index in [-0.39, 0.29) is 19.1 Å². The summed E-state index contributed by atoms with van der Waals surface area (Å²) in [6.07, 6.45) is 0. The second-order valence-electron chi connectivity index (χ2n) is 3.25. The van der Waals surface area contributed by atoms with Crippen molar-refractivity contribution in [3.63, 3.8) is 0 Å². The Hall–Kier alpha value is -1.63. The summed E-state index contributed by atoms with van der Waals surface area (Å²) in [5, 5.41) is 18.5. The number of hydroxylamine groups is 2. The van der Waals surface area contributed by atoms with Crippen molar-refractivity contribution >= 4 is 11.6 Å². The number of nitrogens with zero attached hydrogens (tertiary/aromatic N) is 1. The lowest BCUT2D eigenvalue weighted by Gasteiger charge is -2.19. The maximum atomic E-state index is 11.9. The third kappa shape index (κ3) is 3.70. The smallest absolute Gasteiger partial charge is 0.277 e. The Labute approximate surface area is 99.3 Å². The van der Waals surface area contributed by atoms with Gasteiger partial charge in [-0.25, -0.2) is 5.06 Å². The predicted molar refractivity (Wildman–Crippen MR) is 61.6 cm³/mol. The minimum Gasteiger partial charge on any atom is -0.394 e. The zero-order chi connectivity index (χ0) is 12.7. The molecule has 1 aromatic carbocycles. The van der Waals surface area contributed by atoms with Crippen molar-refractivity contribution in [2.24, 2.45) is 0 Å². The lowest BCUT2D eigenvalue weighted by Crippen LogP contribution is -2.32. The third-order valence-corrected chi connectivity index (χ3v) is 2.11. The molecule has 6 nitrogen and oxygen atoms in total. The molecule has 6 heteroatoms. The summed E-state index contributed by atoms with van der Waals surface area (Å²) in [7, 11) is 0. The largest absolute Gasteiger partial charge is 0.394 e. The first-order valence-corrected chi connectivity index (χ1v) is 5.28. The van der Waals surface area contributed by atoms with Gasteiger partial charge < -0.3 is 5.11 Å². The summed E-state index contributed by atoms with van der Waals surface area (Å²) in [4.78, 5) is 17.0. The van der Waals surface area contributed by atoms with Crippen LogP contribution in [0.3, 0.4) is 0 Å². The van der Waals surface area contributed by atoms with Gasteiger partial charge in [0.2, 0.25) is 0 Å². The molecule has 0 unspecified atom stereocenters. The molecule has 0 saturated heterocycles. The molecule has 0 saturated carbocycles. The van der Waals surface area contributed by atoms with Crippen molar-refractivity contribution in [1.29, 1.82) is 0 Å². The first-order valence-electron chi connectivity index (χ1n) is 5.28. The Kier molecular flexibility index (Phi) is 5.41. The van der Waals surface area contributed by atoms with Crippen molar-refractivity contribution in [3.8, 4) is 0 Å². The quantitative estimate of drug-likeness (QED) is 0.643. The fourth-order valence-electron chi connectivity index (χ4n) is 1.28. The van der Waals surface area contributed by atoms with Crippen LogP contribution in [-0.4, -0.2) is 41.0 Å². The zero-order valence-corrected chi connectivity index (χ0v) is 9.59. The second kappa shape index (κ2) is 6.85. The van der Waals surface area contributed by atoms with E-state index in [1.54, 1.807) is 31.2 Å².